The number of fused-ring (bicyclic) bond motifs is 2. The summed E-state index contributed by atoms with van der Waals surface area (Å²) in [6, 6.07) is 10.9. The number of imide groups is 1. The molecule has 0 bridgehead atoms. The lowest BCUT2D eigenvalue weighted by molar-refractivity contribution is -0.137. The predicted molar refractivity (Wildman–Crippen MR) is 106 cm³/mol. The summed E-state index contributed by atoms with van der Waals surface area (Å²) < 4.78 is 0. The van der Waals surface area contributed by atoms with Crippen LogP contribution in [0.25, 0.3) is 10.8 Å². The summed E-state index contributed by atoms with van der Waals surface area (Å²) >= 11 is 13.6. The molecule has 2 aromatic carbocycles. The molecule has 4 rings (SSSR count). The largest absolute Gasteiger partial charge is 0.507 e. The highest BCUT2D eigenvalue weighted by Gasteiger charge is 2.72. The van der Waals surface area contributed by atoms with Gasteiger partial charge in [0.2, 0.25) is 0 Å². The molecule has 1 aliphatic heterocycles. The monoisotopic (exact) mass is 401 g/mol. The number of hydrogen-bond acceptors (Lipinski definition) is 3. The standard InChI is InChI=1S/C21H17Cl2NO3/c1-3-12-10-11-20(22)18(26)24(2)19(27)21(20,23)16(12)15-9-8-13-6-4-5-7-14(13)17(15)25/h3-10,16,25H,1,11H2,2H3/t16-,20-,21+/m1/s1. The second-order valence-electron chi connectivity index (χ2n) is 6.95. The highest BCUT2D eigenvalue weighted by Crippen LogP contribution is 2.60. The molecule has 1 fully saturated rings. The van der Waals surface area contributed by atoms with Crippen molar-refractivity contribution < 1.29 is 14.7 Å². The fourth-order valence-corrected chi connectivity index (χ4v) is 5.14. The van der Waals surface area contributed by atoms with E-state index in [1.54, 1.807) is 24.3 Å². The number of alkyl halides is 2. The fourth-order valence-electron chi connectivity index (χ4n) is 4.22. The number of halogens is 2. The molecule has 138 valence electrons. The Bertz CT molecular complexity index is 1050. The van der Waals surface area contributed by atoms with E-state index in [9.17, 15) is 14.7 Å². The number of hydrogen-bond donors (Lipinski definition) is 1. The summed E-state index contributed by atoms with van der Waals surface area (Å²) in [7, 11) is 1.38. The Morgan fingerprint density at radius 2 is 1.89 bits per heavy atom. The van der Waals surface area contributed by atoms with Gasteiger partial charge in [-0.2, -0.15) is 0 Å². The smallest absolute Gasteiger partial charge is 0.253 e. The van der Waals surface area contributed by atoms with E-state index in [1.807, 2.05) is 24.3 Å². The van der Waals surface area contributed by atoms with Gasteiger partial charge < -0.3 is 5.11 Å². The van der Waals surface area contributed by atoms with Gasteiger partial charge in [-0.25, -0.2) is 0 Å². The van der Waals surface area contributed by atoms with Crippen LogP contribution in [0, 0.1) is 0 Å². The highest BCUT2D eigenvalue weighted by molar-refractivity contribution is 6.53. The van der Waals surface area contributed by atoms with Crippen molar-refractivity contribution in [1.29, 1.82) is 0 Å². The molecule has 0 aromatic heterocycles. The minimum absolute atomic E-state index is 0.0154. The van der Waals surface area contributed by atoms with Crippen molar-refractivity contribution in [2.24, 2.45) is 0 Å². The van der Waals surface area contributed by atoms with Crippen LogP contribution in [0.4, 0.5) is 0 Å². The van der Waals surface area contributed by atoms with E-state index in [4.69, 9.17) is 23.2 Å². The Hall–Kier alpha value is -2.30. The van der Waals surface area contributed by atoms with Crippen LogP contribution in [-0.4, -0.2) is 38.6 Å². The first-order valence-corrected chi connectivity index (χ1v) is 9.26. The van der Waals surface area contributed by atoms with Gasteiger partial charge in [0.1, 0.15) is 5.75 Å². The van der Waals surface area contributed by atoms with E-state index in [0.29, 0.717) is 16.5 Å². The number of allylic oxidation sites excluding steroid dienone is 3. The zero-order valence-electron chi connectivity index (χ0n) is 14.6. The number of phenolic OH excluding ortho intramolecular Hbond substituents is 1. The van der Waals surface area contributed by atoms with Crippen molar-refractivity contribution in [2.45, 2.75) is 22.1 Å². The Labute approximate surface area is 166 Å². The highest BCUT2D eigenvalue weighted by atomic mass is 35.5. The normalized spacial score (nSPS) is 30.4. The van der Waals surface area contributed by atoms with E-state index in [0.717, 1.165) is 10.3 Å². The molecule has 0 spiro atoms. The molecule has 6 heteroatoms. The molecule has 1 heterocycles. The van der Waals surface area contributed by atoms with Gasteiger partial charge in [-0.15, -0.1) is 23.2 Å². The molecule has 2 aromatic rings. The fraction of sp³-hybridized carbons (Fsp3) is 0.238. The van der Waals surface area contributed by atoms with E-state index in [2.05, 4.69) is 6.58 Å². The summed E-state index contributed by atoms with van der Waals surface area (Å²) in [6.07, 6.45) is 3.47. The summed E-state index contributed by atoms with van der Waals surface area (Å²) in [6.45, 7) is 3.82. The second kappa shape index (κ2) is 5.85. The van der Waals surface area contributed by atoms with Crippen molar-refractivity contribution in [3.05, 3.63) is 66.3 Å². The third-order valence-corrected chi connectivity index (χ3v) is 7.08. The average molecular weight is 402 g/mol. The van der Waals surface area contributed by atoms with Gasteiger partial charge in [-0.1, -0.05) is 55.1 Å². The molecule has 1 N–H and O–H groups in total. The molecule has 4 nitrogen and oxygen atoms in total. The van der Waals surface area contributed by atoms with Crippen molar-refractivity contribution in [3.63, 3.8) is 0 Å². The van der Waals surface area contributed by atoms with Gasteiger partial charge in [-0.05, 0) is 17.4 Å². The molecule has 3 atom stereocenters. The van der Waals surface area contributed by atoms with Crippen LogP contribution in [-0.2, 0) is 9.59 Å². The van der Waals surface area contributed by atoms with Crippen molar-refractivity contribution in [1.82, 2.24) is 4.90 Å². The first-order valence-electron chi connectivity index (χ1n) is 8.51. The lowest BCUT2D eigenvalue weighted by Crippen LogP contribution is -2.54. The van der Waals surface area contributed by atoms with Crippen LogP contribution in [0.15, 0.2) is 60.7 Å². The number of carbonyl (C=O) groups excluding carboxylic acids is 2. The van der Waals surface area contributed by atoms with Crippen LogP contribution in [0.2, 0.25) is 0 Å². The van der Waals surface area contributed by atoms with Crippen molar-refractivity contribution >= 4 is 45.8 Å². The summed E-state index contributed by atoms with van der Waals surface area (Å²) in [5, 5.41) is 12.5. The molecule has 1 saturated heterocycles. The summed E-state index contributed by atoms with van der Waals surface area (Å²) in [5.74, 6) is -1.90. The first kappa shape index (κ1) is 18.1. The molecular weight excluding hydrogens is 385 g/mol. The Morgan fingerprint density at radius 3 is 2.59 bits per heavy atom. The van der Waals surface area contributed by atoms with Crippen molar-refractivity contribution in [3.8, 4) is 5.75 Å². The van der Waals surface area contributed by atoms with Crippen LogP contribution in [0.1, 0.15) is 17.9 Å². The molecular formula is C21H17Cl2NO3. The number of likely N-dealkylation sites (tertiary alicyclic amines) is 1. The lowest BCUT2D eigenvalue weighted by atomic mass is 9.68. The minimum Gasteiger partial charge on any atom is -0.507 e. The van der Waals surface area contributed by atoms with Gasteiger partial charge in [-0.3, -0.25) is 14.5 Å². The van der Waals surface area contributed by atoms with Crippen LogP contribution < -0.4 is 0 Å². The van der Waals surface area contributed by atoms with E-state index in [-0.39, 0.29) is 12.2 Å². The number of benzene rings is 2. The van der Waals surface area contributed by atoms with Crippen LogP contribution in [0.3, 0.4) is 0 Å². The quantitative estimate of drug-likeness (QED) is 0.608. The van der Waals surface area contributed by atoms with Crippen LogP contribution >= 0.6 is 23.2 Å². The number of rotatable bonds is 2. The number of carbonyl (C=O) groups is 2. The Kier molecular flexibility index (Phi) is 3.92. The second-order valence-corrected chi connectivity index (χ2v) is 8.19. The maximum atomic E-state index is 13.0. The molecule has 2 aliphatic rings. The number of phenols is 1. The van der Waals surface area contributed by atoms with Gasteiger partial charge in [0.15, 0.2) is 9.75 Å². The molecule has 2 amide bonds. The zero-order chi connectivity index (χ0) is 19.6. The average Bonchev–Trinajstić information content (AvgIpc) is 2.81. The number of nitrogens with zero attached hydrogens (tertiary/aromatic N) is 1. The number of amides is 2. The molecule has 0 unspecified atom stereocenters. The number of aromatic hydroxyl groups is 1. The van der Waals surface area contributed by atoms with Gasteiger partial charge in [0.25, 0.3) is 11.8 Å². The summed E-state index contributed by atoms with van der Waals surface area (Å²) in [4.78, 5) is 23.4. The molecule has 0 saturated carbocycles. The maximum absolute atomic E-state index is 13.0. The van der Waals surface area contributed by atoms with Crippen LogP contribution in [0.5, 0.6) is 5.75 Å². The van der Waals surface area contributed by atoms with E-state index in [1.165, 1.54) is 7.05 Å². The SMILES string of the molecule is C=CC1=CC[C@@]2(Cl)C(=O)N(C)C(=O)[C@@]2(Cl)[C@H]1c1ccc2ccccc2c1O. The van der Waals surface area contributed by atoms with E-state index < -0.39 is 27.5 Å². The molecule has 1 aliphatic carbocycles. The maximum Gasteiger partial charge on any atom is 0.253 e. The van der Waals surface area contributed by atoms with E-state index >= 15 is 0 Å². The lowest BCUT2D eigenvalue weighted by Gasteiger charge is -2.42. The van der Waals surface area contributed by atoms with Crippen molar-refractivity contribution in [2.75, 3.05) is 7.05 Å². The zero-order valence-corrected chi connectivity index (χ0v) is 16.1. The minimum atomic E-state index is -1.75. The topological polar surface area (TPSA) is 57.6 Å². The Morgan fingerprint density at radius 1 is 1.19 bits per heavy atom. The van der Waals surface area contributed by atoms with Gasteiger partial charge in [0.05, 0.1) is 0 Å². The predicted octanol–water partition coefficient (Wildman–Crippen LogP) is 4.10. The summed E-state index contributed by atoms with van der Waals surface area (Å²) in [5.41, 5.74) is 1.10. The third kappa shape index (κ3) is 2.11. The van der Waals surface area contributed by atoms with Gasteiger partial charge in [0, 0.05) is 23.9 Å². The molecule has 0 radical (unpaired) electrons. The Balaban J connectivity index is 2.03. The first-order chi connectivity index (χ1) is 12.8. The molecule has 27 heavy (non-hydrogen) atoms. The van der Waals surface area contributed by atoms with Gasteiger partial charge >= 0.3 is 0 Å². The third-order valence-electron chi connectivity index (χ3n) is 5.66.